The molecule has 0 aromatic heterocycles. The molecular weight excluding hydrogens is 480 g/mol. The van der Waals surface area contributed by atoms with Crippen molar-refractivity contribution in [3.63, 3.8) is 0 Å². The molecule has 0 radical (unpaired) electrons. The van der Waals surface area contributed by atoms with Gasteiger partial charge in [0.05, 0.1) is 13.7 Å². The first-order valence-corrected chi connectivity index (χ1v) is 11.7. The fourth-order valence-corrected chi connectivity index (χ4v) is 3.67. The first kappa shape index (κ1) is 28.2. The number of aliphatic hydroxyl groups is 2. The summed E-state index contributed by atoms with van der Waals surface area (Å²) in [5.74, 6) is 1.62. The molecule has 3 aromatic carbocycles. The summed E-state index contributed by atoms with van der Waals surface area (Å²) in [6.07, 6.45) is -2.78. The van der Waals surface area contributed by atoms with E-state index in [1.165, 1.54) is 28.4 Å². The number of benzene rings is 3. The van der Waals surface area contributed by atoms with Crippen molar-refractivity contribution in [1.82, 2.24) is 0 Å². The van der Waals surface area contributed by atoms with E-state index in [1.54, 1.807) is 36.4 Å². The van der Waals surface area contributed by atoms with Gasteiger partial charge in [-0.3, -0.25) is 0 Å². The van der Waals surface area contributed by atoms with E-state index in [4.69, 9.17) is 33.2 Å². The number of ether oxygens (including phenoxy) is 7. The van der Waals surface area contributed by atoms with Crippen LogP contribution in [0.4, 0.5) is 0 Å². The van der Waals surface area contributed by atoms with Crippen LogP contribution in [0, 0.1) is 0 Å². The normalized spacial score (nSPS) is 12.7. The third-order valence-electron chi connectivity index (χ3n) is 5.58. The molecule has 37 heavy (non-hydrogen) atoms. The Morgan fingerprint density at radius 3 is 2.05 bits per heavy atom. The van der Waals surface area contributed by atoms with Crippen LogP contribution in [0.2, 0.25) is 0 Å². The molecular formula is C28H34O9. The predicted molar refractivity (Wildman–Crippen MR) is 136 cm³/mol. The zero-order chi connectivity index (χ0) is 26.6. The third kappa shape index (κ3) is 7.58. The molecule has 0 saturated heterocycles. The summed E-state index contributed by atoms with van der Waals surface area (Å²) in [5.41, 5.74) is 2.19. The lowest BCUT2D eigenvalue weighted by atomic mass is 10.0. The second kappa shape index (κ2) is 14.4. The van der Waals surface area contributed by atoms with Crippen LogP contribution in [0.5, 0.6) is 23.0 Å². The minimum absolute atomic E-state index is 0.0293. The van der Waals surface area contributed by atoms with Crippen LogP contribution in [0.3, 0.4) is 0 Å². The molecule has 0 saturated carbocycles. The molecule has 0 bridgehead atoms. The van der Waals surface area contributed by atoms with Gasteiger partial charge in [0.25, 0.3) is 0 Å². The summed E-state index contributed by atoms with van der Waals surface area (Å²) in [7, 11) is 6.07. The van der Waals surface area contributed by atoms with E-state index in [2.05, 4.69) is 0 Å². The Balaban J connectivity index is 1.78. The first-order valence-electron chi connectivity index (χ1n) is 11.7. The average molecular weight is 515 g/mol. The van der Waals surface area contributed by atoms with Crippen molar-refractivity contribution in [2.45, 2.75) is 25.1 Å². The lowest BCUT2D eigenvalue weighted by Crippen LogP contribution is -2.29. The van der Waals surface area contributed by atoms with Crippen LogP contribution in [0.25, 0.3) is 0 Å². The van der Waals surface area contributed by atoms with Gasteiger partial charge in [0, 0.05) is 26.9 Å². The van der Waals surface area contributed by atoms with Gasteiger partial charge in [-0.2, -0.15) is 0 Å². The van der Waals surface area contributed by atoms with Crippen LogP contribution in [0.15, 0.2) is 66.7 Å². The summed E-state index contributed by atoms with van der Waals surface area (Å²) < 4.78 is 38.6. The summed E-state index contributed by atoms with van der Waals surface area (Å²) >= 11 is 0. The van der Waals surface area contributed by atoms with Crippen molar-refractivity contribution in [1.29, 1.82) is 0 Å². The summed E-state index contributed by atoms with van der Waals surface area (Å²) in [6.45, 7) is -0.118. The highest BCUT2D eigenvalue weighted by atomic mass is 16.7. The Labute approximate surface area is 217 Å². The van der Waals surface area contributed by atoms with Crippen molar-refractivity contribution in [3.05, 3.63) is 83.4 Å². The van der Waals surface area contributed by atoms with Gasteiger partial charge in [0.15, 0.2) is 42.2 Å². The molecule has 9 heteroatoms. The lowest BCUT2D eigenvalue weighted by molar-refractivity contribution is -0.106. The molecule has 0 amide bonds. The lowest BCUT2D eigenvalue weighted by Gasteiger charge is -2.25. The molecule has 2 N–H and O–H groups in total. The monoisotopic (exact) mass is 514 g/mol. The Morgan fingerprint density at radius 2 is 1.41 bits per heavy atom. The van der Waals surface area contributed by atoms with Crippen molar-refractivity contribution < 1.29 is 43.4 Å². The minimum Gasteiger partial charge on any atom is -0.493 e. The quantitative estimate of drug-likeness (QED) is 0.291. The van der Waals surface area contributed by atoms with Gasteiger partial charge < -0.3 is 43.4 Å². The standard InChI is InChI=1S/C28H34O9/c1-31-18-36-25-15-21(28(33-3)34-4)11-13-23(25)37-26(16-29)27(30)20-10-12-22(24(14-20)32-2)35-17-19-8-6-5-7-9-19/h5-15,26-30H,16-18H2,1-4H3. The molecule has 200 valence electrons. The molecule has 0 aliphatic rings. The van der Waals surface area contributed by atoms with E-state index in [9.17, 15) is 10.2 Å². The number of hydrogen-bond acceptors (Lipinski definition) is 9. The molecule has 3 rings (SSSR count). The zero-order valence-corrected chi connectivity index (χ0v) is 21.5. The number of hydrogen-bond donors (Lipinski definition) is 2. The Bertz CT molecular complexity index is 1090. The molecule has 0 fully saturated rings. The van der Waals surface area contributed by atoms with Crippen molar-refractivity contribution in [3.8, 4) is 23.0 Å². The predicted octanol–water partition coefficient (Wildman–Crippen LogP) is 4.02. The summed E-state index contributed by atoms with van der Waals surface area (Å²) in [5, 5.41) is 21.1. The molecule has 9 nitrogen and oxygen atoms in total. The fourth-order valence-electron chi connectivity index (χ4n) is 3.67. The molecule has 0 spiro atoms. The number of methoxy groups -OCH3 is 4. The van der Waals surface area contributed by atoms with Gasteiger partial charge >= 0.3 is 0 Å². The summed E-state index contributed by atoms with van der Waals surface area (Å²) in [6, 6.07) is 19.9. The SMILES string of the molecule is COCOc1cc(C(OC)OC)ccc1OC(CO)C(O)c1ccc(OCc2ccccc2)c(OC)c1. The van der Waals surface area contributed by atoms with E-state index >= 15 is 0 Å². The van der Waals surface area contributed by atoms with Gasteiger partial charge in [-0.1, -0.05) is 42.5 Å². The van der Waals surface area contributed by atoms with E-state index in [0.717, 1.165) is 5.56 Å². The van der Waals surface area contributed by atoms with Gasteiger partial charge in [0.1, 0.15) is 12.7 Å². The molecule has 0 heterocycles. The molecule has 2 atom stereocenters. The van der Waals surface area contributed by atoms with Crippen LogP contribution in [-0.2, 0) is 20.8 Å². The topological polar surface area (TPSA) is 105 Å². The highest BCUT2D eigenvalue weighted by molar-refractivity contribution is 5.45. The largest absolute Gasteiger partial charge is 0.493 e. The van der Waals surface area contributed by atoms with Crippen LogP contribution in [0.1, 0.15) is 29.1 Å². The molecule has 3 aromatic rings. The second-order valence-corrected chi connectivity index (χ2v) is 8.03. The summed E-state index contributed by atoms with van der Waals surface area (Å²) in [4.78, 5) is 0. The number of aliphatic hydroxyl groups excluding tert-OH is 2. The molecule has 0 aliphatic carbocycles. The second-order valence-electron chi connectivity index (χ2n) is 8.03. The van der Waals surface area contributed by atoms with E-state index in [0.29, 0.717) is 40.7 Å². The van der Waals surface area contributed by atoms with E-state index in [-0.39, 0.29) is 6.79 Å². The Hall–Kier alpha value is -3.34. The maximum absolute atomic E-state index is 11.1. The van der Waals surface area contributed by atoms with E-state index in [1.807, 2.05) is 30.3 Å². The van der Waals surface area contributed by atoms with Crippen LogP contribution >= 0.6 is 0 Å². The van der Waals surface area contributed by atoms with Crippen molar-refractivity contribution in [2.75, 3.05) is 41.8 Å². The van der Waals surface area contributed by atoms with Crippen LogP contribution < -0.4 is 18.9 Å². The van der Waals surface area contributed by atoms with Gasteiger partial charge in [-0.25, -0.2) is 0 Å². The van der Waals surface area contributed by atoms with Crippen molar-refractivity contribution >= 4 is 0 Å². The minimum atomic E-state index is -1.18. The van der Waals surface area contributed by atoms with Gasteiger partial charge in [-0.05, 0) is 35.4 Å². The van der Waals surface area contributed by atoms with Gasteiger partial charge in [-0.15, -0.1) is 0 Å². The Morgan fingerprint density at radius 1 is 0.730 bits per heavy atom. The smallest absolute Gasteiger partial charge is 0.188 e. The molecule has 0 aliphatic heterocycles. The fraction of sp³-hybridized carbons (Fsp3) is 0.357. The maximum Gasteiger partial charge on any atom is 0.188 e. The zero-order valence-electron chi connectivity index (χ0n) is 21.5. The highest BCUT2D eigenvalue weighted by Gasteiger charge is 2.25. The van der Waals surface area contributed by atoms with Crippen molar-refractivity contribution in [2.24, 2.45) is 0 Å². The van der Waals surface area contributed by atoms with E-state index < -0.39 is 25.1 Å². The number of rotatable bonds is 15. The highest BCUT2D eigenvalue weighted by Crippen LogP contribution is 2.36. The van der Waals surface area contributed by atoms with Gasteiger partial charge in [0.2, 0.25) is 0 Å². The van der Waals surface area contributed by atoms with Crippen LogP contribution in [-0.4, -0.2) is 58.2 Å². The average Bonchev–Trinajstić information content (AvgIpc) is 2.95. The first-order chi connectivity index (χ1) is 18.0. The molecule has 2 unspecified atom stereocenters. The third-order valence-corrected chi connectivity index (χ3v) is 5.58. The Kier molecular flexibility index (Phi) is 11.0. The maximum atomic E-state index is 11.1.